The molecule has 1 N–H and O–H groups in total. The first kappa shape index (κ1) is 16.3. The maximum atomic E-state index is 4.52. The zero-order chi connectivity index (χ0) is 16.1. The average Bonchev–Trinajstić information content (AvgIpc) is 3.00. The molecule has 1 aromatic rings. The molecular weight excluding hydrogens is 284 g/mol. The van der Waals surface area contributed by atoms with Crippen LogP contribution in [0.2, 0.25) is 0 Å². The van der Waals surface area contributed by atoms with E-state index < -0.39 is 0 Å². The predicted molar refractivity (Wildman–Crippen MR) is 96.6 cm³/mol. The van der Waals surface area contributed by atoms with Crippen LogP contribution in [0.25, 0.3) is 0 Å². The van der Waals surface area contributed by atoms with Crippen molar-refractivity contribution in [2.24, 2.45) is 4.99 Å². The quantitative estimate of drug-likeness (QED) is 0.906. The number of likely N-dealkylation sites (N-methyl/N-ethyl adjacent to an activating group) is 1. The minimum absolute atomic E-state index is 0.759. The lowest BCUT2D eigenvalue weighted by molar-refractivity contribution is 0.184. The molecule has 0 spiro atoms. The molecule has 2 aliphatic rings. The van der Waals surface area contributed by atoms with Crippen LogP contribution in [0.15, 0.2) is 29.3 Å². The number of benzene rings is 1. The van der Waals surface area contributed by atoms with E-state index in [9.17, 15) is 0 Å². The van der Waals surface area contributed by atoms with Crippen molar-refractivity contribution in [1.82, 2.24) is 15.1 Å². The summed E-state index contributed by atoms with van der Waals surface area (Å²) in [6.07, 6.45) is 6.92. The highest BCUT2D eigenvalue weighted by atomic mass is 15.3. The number of guanidine groups is 1. The van der Waals surface area contributed by atoms with Crippen molar-refractivity contribution < 1.29 is 0 Å². The van der Waals surface area contributed by atoms with Crippen LogP contribution < -0.4 is 5.32 Å². The second-order valence-corrected chi connectivity index (χ2v) is 6.96. The van der Waals surface area contributed by atoms with Gasteiger partial charge in [0, 0.05) is 32.7 Å². The third-order valence-corrected chi connectivity index (χ3v) is 5.23. The van der Waals surface area contributed by atoms with Crippen LogP contribution in [-0.2, 0) is 13.1 Å². The molecule has 0 unspecified atom stereocenters. The number of hydrogen-bond acceptors (Lipinski definition) is 4. The molecule has 0 atom stereocenters. The maximum Gasteiger partial charge on any atom is 0.194 e. The van der Waals surface area contributed by atoms with Crippen LogP contribution in [0, 0.1) is 0 Å². The summed E-state index contributed by atoms with van der Waals surface area (Å²) in [4.78, 5) is 9.26. The number of nitrogens with one attached hydrogen (secondary N) is 1. The molecule has 4 nitrogen and oxygen atoms in total. The largest absolute Gasteiger partial charge is 0.352 e. The summed E-state index contributed by atoms with van der Waals surface area (Å²) >= 11 is 0. The van der Waals surface area contributed by atoms with Crippen LogP contribution in [0.5, 0.6) is 0 Å². The Balaban J connectivity index is 1.60. The highest BCUT2D eigenvalue weighted by Crippen LogP contribution is 2.23. The topological polar surface area (TPSA) is 30.9 Å². The molecule has 1 aliphatic heterocycles. The third-order valence-electron chi connectivity index (χ3n) is 5.23. The van der Waals surface area contributed by atoms with Gasteiger partial charge in [-0.1, -0.05) is 43.5 Å². The monoisotopic (exact) mass is 314 g/mol. The fourth-order valence-corrected chi connectivity index (χ4v) is 3.70. The van der Waals surface area contributed by atoms with Gasteiger partial charge < -0.3 is 10.2 Å². The molecule has 0 saturated heterocycles. The van der Waals surface area contributed by atoms with E-state index in [1.807, 2.05) is 0 Å². The van der Waals surface area contributed by atoms with Crippen molar-refractivity contribution >= 4 is 5.96 Å². The van der Waals surface area contributed by atoms with E-state index in [1.54, 1.807) is 0 Å². The molecule has 4 heteroatoms. The summed E-state index contributed by atoms with van der Waals surface area (Å²) in [5, 5.41) is 3.50. The Hall–Kier alpha value is -1.55. The van der Waals surface area contributed by atoms with Gasteiger partial charge in [0.15, 0.2) is 5.96 Å². The van der Waals surface area contributed by atoms with E-state index in [1.165, 1.54) is 43.2 Å². The zero-order valence-corrected chi connectivity index (χ0v) is 14.6. The smallest absolute Gasteiger partial charge is 0.194 e. The molecule has 1 aliphatic carbocycles. The Morgan fingerprint density at radius 3 is 2.61 bits per heavy atom. The molecule has 0 radical (unpaired) electrons. The summed E-state index contributed by atoms with van der Waals surface area (Å²) in [6.45, 7) is 3.84. The van der Waals surface area contributed by atoms with Crippen molar-refractivity contribution in [1.29, 1.82) is 0 Å². The molecule has 1 saturated carbocycles. The van der Waals surface area contributed by atoms with Gasteiger partial charge in [-0.3, -0.25) is 9.89 Å². The summed E-state index contributed by atoms with van der Waals surface area (Å²) in [7, 11) is 4.39. The minimum atomic E-state index is 0.759. The Morgan fingerprint density at radius 1 is 1.17 bits per heavy atom. The zero-order valence-electron chi connectivity index (χ0n) is 14.6. The number of rotatable bonds is 5. The molecular formula is C19H30N4. The van der Waals surface area contributed by atoms with Crippen molar-refractivity contribution in [3.63, 3.8) is 0 Å². The molecule has 23 heavy (non-hydrogen) atoms. The van der Waals surface area contributed by atoms with Crippen LogP contribution in [0.1, 0.15) is 43.2 Å². The predicted octanol–water partition coefficient (Wildman–Crippen LogP) is 2.84. The molecule has 1 fully saturated rings. The van der Waals surface area contributed by atoms with Crippen LogP contribution >= 0.6 is 0 Å². The Bertz CT molecular complexity index is 534. The second kappa shape index (κ2) is 7.82. The van der Waals surface area contributed by atoms with Gasteiger partial charge in [-0.25, -0.2) is 0 Å². The van der Waals surface area contributed by atoms with E-state index >= 15 is 0 Å². The van der Waals surface area contributed by atoms with Crippen LogP contribution in [0.4, 0.5) is 0 Å². The van der Waals surface area contributed by atoms with E-state index in [0.29, 0.717) is 0 Å². The molecule has 1 heterocycles. The van der Waals surface area contributed by atoms with Gasteiger partial charge in [-0.05, 0) is 31.0 Å². The van der Waals surface area contributed by atoms with E-state index in [2.05, 4.69) is 58.5 Å². The molecule has 0 aromatic heterocycles. The van der Waals surface area contributed by atoms with Crippen molar-refractivity contribution in [2.75, 3.05) is 27.2 Å². The SMILES string of the molecule is CN1CCN=C1NCc1ccccc1CN(C)C1CCCCC1. The average molecular weight is 314 g/mol. The van der Waals surface area contributed by atoms with Crippen LogP contribution in [0.3, 0.4) is 0 Å². The Labute approximate surface area is 140 Å². The standard InChI is InChI=1S/C19H30N4/c1-22-13-12-20-19(22)21-14-16-8-6-7-9-17(16)15-23(2)18-10-4-3-5-11-18/h6-9,18H,3-5,10-15H2,1-2H3,(H,20,21). The van der Waals surface area contributed by atoms with Gasteiger partial charge in [0.2, 0.25) is 0 Å². The van der Waals surface area contributed by atoms with Gasteiger partial charge in [-0.2, -0.15) is 0 Å². The lowest BCUT2D eigenvalue weighted by Crippen LogP contribution is -2.36. The molecule has 1 aromatic carbocycles. The lowest BCUT2D eigenvalue weighted by Gasteiger charge is -2.31. The van der Waals surface area contributed by atoms with Gasteiger partial charge in [0.05, 0.1) is 6.54 Å². The van der Waals surface area contributed by atoms with Gasteiger partial charge in [0.25, 0.3) is 0 Å². The number of hydrogen-bond donors (Lipinski definition) is 1. The lowest BCUT2D eigenvalue weighted by atomic mass is 9.94. The number of aliphatic imine (C=N–C) groups is 1. The molecule has 0 bridgehead atoms. The molecule has 3 rings (SSSR count). The van der Waals surface area contributed by atoms with Crippen molar-refractivity contribution in [3.8, 4) is 0 Å². The van der Waals surface area contributed by atoms with Crippen molar-refractivity contribution in [2.45, 2.75) is 51.2 Å². The van der Waals surface area contributed by atoms with Gasteiger partial charge in [-0.15, -0.1) is 0 Å². The highest BCUT2D eigenvalue weighted by molar-refractivity contribution is 5.81. The minimum Gasteiger partial charge on any atom is -0.352 e. The van der Waals surface area contributed by atoms with E-state index in [4.69, 9.17) is 0 Å². The second-order valence-electron chi connectivity index (χ2n) is 6.96. The first-order chi connectivity index (χ1) is 11.2. The normalized spacial score (nSPS) is 19.3. The number of nitrogens with zero attached hydrogens (tertiary/aromatic N) is 3. The van der Waals surface area contributed by atoms with E-state index in [-0.39, 0.29) is 0 Å². The fourth-order valence-electron chi connectivity index (χ4n) is 3.70. The first-order valence-electron chi connectivity index (χ1n) is 9.00. The summed E-state index contributed by atoms with van der Waals surface area (Å²) in [5.74, 6) is 1.03. The summed E-state index contributed by atoms with van der Waals surface area (Å²) in [5.41, 5.74) is 2.83. The summed E-state index contributed by atoms with van der Waals surface area (Å²) in [6, 6.07) is 9.58. The summed E-state index contributed by atoms with van der Waals surface area (Å²) < 4.78 is 0. The highest BCUT2D eigenvalue weighted by Gasteiger charge is 2.19. The van der Waals surface area contributed by atoms with Gasteiger partial charge >= 0.3 is 0 Å². The van der Waals surface area contributed by atoms with Crippen LogP contribution in [-0.4, -0.2) is 49.0 Å². The van der Waals surface area contributed by atoms with E-state index in [0.717, 1.165) is 38.2 Å². The Kier molecular flexibility index (Phi) is 5.55. The third kappa shape index (κ3) is 4.25. The fraction of sp³-hybridized carbons (Fsp3) is 0.632. The Morgan fingerprint density at radius 2 is 1.91 bits per heavy atom. The van der Waals surface area contributed by atoms with Crippen molar-refractivity contribution in [3.05, 3.63) is 35.4 Å². The molecule has 126 valence electrons. The maximum absolute atomic E-state index is 4.52. The van der Waals surface area contributed by atoms with Gasteiger partial charge in [0.1, 0.15) is 0 Å². The molecule has 0 amide bonds. The first-order valence-corrected chi connectivity index (χ1v) is 9.00.